The van der Waals surface area contributed by atoms with Crippen molar-refractivity contribution < 1.29 is 0 Å². The number of likely N-dealkylation sites (N-methyl/N-ethyl adjacent to an activating group) is 1. The first-order valence-electron chi connectivity index (χ1n) is 10.3. The molecule has 4 nitrogen and oxygen atoms in total. The van der Waals surface area contributed by atoms with E-state index in [-0.39, 0.29) is 0 Å². The van der Waals surface area contributed by atoms with Crippen molar-refractivity contribution in [1.82, 2.24) is 14.8 Å². The van der Waals surface area contributed by atoms with Gasteiger partial charge in [0.1, 0.15) is 0 Å². The lowest BCUT2D eigenvalue weighted by atomic mass is 9.68. The highest BCUT2D eigenvalue weighted by atomic mass is 32.1. The third kappa shape index (κ3) is 4.36. The monoisotopic (exact) mass is 384 g/mol. The maximum Gasteiger partial charge on any atom is 0.182 e. The number of nitrogens with zero attached hydrogens (tertiary/aromatic N) is 3. The van der Waals surface area contributed by atoms with Crippen molar-refractivity contribution in [2.45, 2.75) is 38.6 Å². The minimum atomic E-state index is 0.490. The number of piperidine rings is 2. The summed E-state index contributed by atoms with van der Waals surface area (Å²) in [6.07, 6.45) is 3.98. The predicted octanol–water partition coefficient (Wildman–Crippen LogP) is 4.28. The Morgan fingerprint density at radius 3 is 2.63 bits per heavy atom. The van der Waals surface area contributed by atoms with Crippen LogP contribution in [0.3, 0.4) is 0 Å². The Labute approximate surface area is 167 Å². The highest BCUT2D eigenvalue weighted by Crippen LogP contribution is 2.45. The standard InChI is InChI=1S/C22H32N4S/c1-3-25-14-19(18-7-5-4-6-8-18)13-22(17-25)9-11-26(12-10-22)15-20-16-27-21(23-2)24-20/h4-8,16,19H,3,9-15,17H2,1-2H3,(H,23,24)/t19-/m1/s1. The molecule has 0 unspecified atom stereocenters. The molecule has 0 aliphatic carbocycles. The molecule has 0 radical (unpaired) electrons. The number of nitrogens with one attached hydrogen (secondary N) is 1. The van der Waals surface area contributed by atoms with Gasteiger partial charge < -0.3 is 10.2 Å². The Morgan fingerprint density at radius 1 is 1.19 bits per heavy atom. The van der Waals surface area contributed by atoms with Crippen LogP contribution in [0, 0.1) is 5.41 Å². The van der Waals surface area contributed by atoms with Gasteiger partial charge in [-0.15, -0.1) is 11.3 Å². The summed E-state index contributed by atoms with van der Waals surface area (Å²) in [6, 6.07) is 11.2. The lowest BCUT2D eigenvalue weighted by Gasteiger charge is -2.50. The molecular formula is C22H32N4S. The molecule has 2 aliphatic heterocycles. The molecule has 0 amide bonds. The second-order valence-electron chi connectivity index (χ2n) is 8.31. The van der Waals surface area contributed by atoms with Crippen molar-refractivity contribution in [3.8, 4) is 0 Å². The van der Waals surface area contributed by atoms with Gasteiger partial charge in [-0.3, -0.25) is 4.90 Å². The van der Waals surface area contributed by atoms with Crippen molar-refractivity contribution in [2.75, 3.05) is 45.1 Å². The summed E-state index contributed by atoms with van der Waals surface area (Å²) in [5.41, 5.74) is 3.23. The van der Waals surface area contributed by atoms with Crippen LogP contribution in [-0.2, 0) is 6.54 Å². The van der Waals surface area contributed by atoms with Crippen LogP contribution in [0.25, 0.3) is 0 Å². The normalized spacial score (nSPS) is 23.6. The molecule has 1 spiro atoms. The van der Waals surface area contributed by atoms with E-state index in [2.05, 4.69) is 62.7 Å². The van der Waals surface area contributed by atoms with Gasteiger partial charge in [-0.25, -0.2) is 4.98 Å². The number of rotatable bonds is 5. The van der Waals surface area contributed by atoms with Crippen LogP contribution in [0.5, 0.6) is 0 Å². The largest absolute Gasteiger partial charge is 0.365 e. The average Bonchev–Trinajstić information content (AvgIpc) is 3.18. The second-order valence-corrected chi connectivity index (χ2v) is 9.17. The van der Waals surface area contributed by atoms with E-state index >= 15 is 0 Å². The summed E-state index contributed by atoms with van der Waals surface area (Å²) in [4.78, 5) is 9.95. The maximum absolute atomic E-state index is 4.66. The van der Waals surface area contributed by atoms with E-state index in [4.69, 9.17) is 0 Å². The van der Waals surface area contributed by atoms with Crippen molar-refractivity contribution in [2.24, 2.45) is 5.41 Å². The number of hydrogen-bond donors (Lipinski definition) is 1. The maximum atomic E-state index is 4.66. The number of benzene rings is 1. The van der Waals surface area contributed by atoms with Gasteiger partial charge in [0.25, 0.3) is 0 Å². The molecule has 2 aliphatic rings. The predicted molar refractivity (Wildman–Crippen MR) is 115 cm³/mol. The van der Waals surface area contributed by atoms with Crippen LogP contribution in [0.1, 0.15) is 43.4 Å². The molecule has 0 bridgehead atoms. The minimum Gasteiger partial charge on any atom is -0.365 e. The molecular weight excluding hydrogens is 352 g/mol. The van der Waals surface area contributed by atoms with Crippen molar-refractivity contribution in [3.05, 3.63) is 47.0 Å². The zero-order valence-electron chi connectivity index (χ0n) is 16.7. The van der Waals surface area contributed by atoms with Crippen LogP contribution in [-0.4, -0.2) is 54.6 Å². The van der Waals surface area contributed by atoms with Gasteiger partial charge in [0, 0.05) is 32.1 Å². The van der Waals surface area contributed by atoms with Crippen molar-refractivity contribution in [1.29, 1.82) is 0 Å². The van der Waals surface area contributed by atoms with Gasteiger partial charge >= 0.3 is 0 Å². The van der Waals surface area contributed by atoms with Crippen molar-refractivity contribution >= 4 is 16.5 Å². The molecule has 27 heavy (non-hydrogen) atoms. The van der Waals surface area contributed by atoms with Gasteiger partial charge in [-0.2, -0.15) is 0 Å². The van der Waals surface area contributed by atoms with Crippen LogP contribution >= 0.6 is 11.3 Å². The first kappa shape index (κ1) is 18.9. The second kappa shape index (κ2) is 8.29. The summed E-state index contributed by atoms with van der Waals surface area (Å²) in [5, 5.41) is 6.36. The summed E-state index contributed by atoms with van der Waals surface area (Å²) in [7, 11) is 1.94. The van der Waals surface area contributed by atoms with Gasteiger partial charge in [0.05, 0.1) is 5.69 Å². The molecule has 1 atom stereocenters. The van der Waals surface area contributed by atoms with E-state index in [9.17, 15) is 0 Å². The number of thiazole rings is 1. The van der Waals surface area contributed by atoms with Crippen LogP contribution < -0.4 is 5.32 Å². The van der Waals surface area contributed by atoms with E-state index in [1.807, 2.05) is 7.05 Å². The fourth-order valence-electron chi connectivity index (χ4n) is 4.96. The smallest absolute Gasteiger partial charge is 0.182 e. The molecule has 3 heterocycles. The highest BCUT2D eigenvalue weighted by Gasteiger charge is 2.41. The first-order chi connectivity index (χ1) is 13.2. The Bertz CT molecular complexity index is 721. The molecule has 0 saturated carbocycles. The molecule has 1 aromatic carbocycles. The van der Waals surface area contributed by atoms with E-state index in [0.717, 1.165) is 11.7 Å². The summed E-state index contributed by atoms with van der Waals surface area (Å²) >= 11 is 1.71. The average molecular weight is 385 g/mol. The van der Waals surface area contributed by atoms with Crippen LogP contribution in [0.4, 0.5) is 5.13 Å². The minimum absolute atomic E-state index is 0.490. The molecule has 1 N–H and O–H groups in total. The fraction of sp³-hybridized carbons (Fsp3) is 0.591. The van der Waals surface area contributed by atoms with E-state index in [0.29, 0.717) is 11.3 Å². The zero-order valence-corrected chi connectivity index (χ0v) is 17.5. The van der Waals surface area contributed by atoms with Crippen LogP contribution in [0.15, 0.2) is 35.7 Å². The lowest BCUT2D eigenvalue weighted by Crippen LogP contribution is -2.51. The SMILES string of the molecule is CCN1C[C@H](c2ccccc2)CC2(CCN(Cc3csc(NC)n3)CC2)C1. The Hall–Kier alpha value is -1.43. The number of hydrogen-bond acceptors (Lipinski definition) is 5. The fourth-order valence-corrected chi connectivity index (χ4v) is 5.63. The molecule has 4 rings (SSSR count). The molecule has 1 aromatic heterocycles. The van der Waals surface area contributed by atoms with E-state index in [1.54, 1.807) is 11.3 Å². The summed E-state index contributed by atoms with van der Waals surface area (Å²) in [6.45, 7) is 9.38. The molecule has 5 heteroatoms. The van der Waals surface area contributed by atoms with E-state index < -0.39 is 0 Å². The molecule has 146 valence electrons. The number of aromatic nitrogens is 1. The topological polar surface area (TPSA) is 31.4 Å². The first-order valence-corrected chi connectivity index (χ1v) is 11.2. The molecule has 2 aromatic rings. The van der Waals surface area contributed by atoms with Crippen LogP contribution in [0.2, 0.25) is 0 Å². The highest BCUT2D eigenvalue weighted by molar-refractivity contribution is 7.13. The summed E-state index contributed by atoms with van der Waals surface area (Å²) < 4.78 is 0. The molecule has 2 fully saturated rings. The van der Waals surface area contributed by atoms with Gasteiger partial charge in [-0.05, 0) is 55.8 Å². The lowest BCUT2D eigenvalue weighted by molar-refractivity contribution is 0.0135. The third-order valence-electron chi connectivity index (χ3n) is 6.50. The molecule has 2 saturated heterocycles. The zero-order chi connectivity index (χ0) is 18.7. The van der Waals surface area contributed by atoms with Gasteiger partial charge in [0.2, 0.25) is 0 Å². The van der Waals surface area contributed by atoms with E-state index in [1.165, 1.54) is 63.2 Å². The van der Waals surface area contributed by atoms with Crippen molar-refractivity contribution in [3.63, 3.8) is 0 Å². The number of likely N-dealkylation sites (tertiary alicyclic amines) is 2. The summed E-state index contributed by atoms with van der Waals surface area (Å²) in [5.74, 6) is 0.683. The van der Waals surface area contributed by atoms with Gasteiger partial charge in [-0.1, -0.05) is 37.3 Å². The quantitative estimate of drug-likeness (QED) is 0.834. The Morgan fingerprint density at radius 2 is 1.96 bits per heavy atom. The Kier molecular flexibility index (Phi) is 5.81. The number of anilines is 1. The Balaban J connectivity index is 1.40. The third-order valence-corrected chi connectivity index (χ3v) is 7.41. The van der Waals surface area contributed by atoms with Gasteiger partial charge in [0.15, 0.2) is 5.13 Å².